The van der Waals surface area contributed by atoms with E-state index in [1.165, 1.54) is 16.8 Å². The highest BCUT2D eigenvalue weighted by atomic mass is 16.1. The lowest BCUT2D eigenvalue weighted by Crippen LogP contribution is -2.41. The van der Waals surface area contributed by atoms with Crippen LogP contribution in [0.3, 0.4) is 0 Å². The Balaban J connectivity index is 2.29. The van der Waals surface area contributed by atoms with Gasteiger partial charge in [0.05, 0.1) is 0 Å². The highest BCUT2D eigenvalue weighted by Crippen LogP contribution is 2.27. The number of piperidine rings is 1. The fourth-order valence-electron chi connectivity index (χ4n) is 2.39. The maximum atomic E-state index is 11.4. The van der Waals surface area contributed by atoms with E-state index < -0.39 is 0 Å². The number of anilines is 1. The third-order valence-electron chi connectivity index (χ3n) is 3.36. The zero-order valence-corrected chi connectivity index (χ0v) is 10.3. The van der Waals surface area contributed by atoms with Crippen LogP contribution in [-0.4, -0.2) is 18.4 Å². The fourth-order valence-corrected chi connectivity index (χ4v) is 2.39. The maximum absolute atomic E-state index is 11.4. The van der Waals surface area contributed by atoms with E-state index in [2.05, 4.69) is 43.9 Å². The zero-order chi connectivity index (χ0) is 11.7. The molecule has 1 fully saturated rings. The summed E-state index contributed by atoms with van der Waals surface area (Å²) in [7, 11) is 0. The molecule has 1 heterocycles. The number of benzene rings is 1. The summed E-state index contributed by atoms with van der Waals surface area (Å²) in [6.45, 7) is 7.25. The summed E-state index contributed by atoms with van der Waals surface area (Å²) < 4.78 is 0. The predicted octanol–water partition coefficient (Wildman–Crippen LogP) is 2.86. The third-order valence-corrected chi connectivity index (χ3v) is 3.36. The van der Waals surface area contributed by atoms with Gasteiger partial charge in [0, 0.05) is 31.1 Å². The maximum Gasteiger partial charge on any atom is 0.136 e. The number of Topliss-reactive ketones (excluding diaryl/α,β-unsaturated/α-hetero) is 1. The Morgan fingerprint density at radius 3 is 2.75 bits per heavy atom. The van der Waals surface area contributed by atoms with Crippen LogP contribution in [0.15, 0.2) is 18.2 Å². The summed E-state index contributed by atoms with van der Waals surface area (Å²) in [5, 5.41) is 0. The second-order valence-electron chi connectivity index (χ2n) is 4.83. The standard InChI is InChI=1S/C14H19NO/c1-10-4-5-11(2)14(8-10)15-7-6-13(16)9-12(15)3/h4-5,8,12H,6-7,9H2,1-3H3. The number of ketones is 1. The first-order chi connectivity index (χ1) is 7.58. The Morgan fingerprint density at radius 1 is 1.31 bits per heavy atom. The van der Waals surface area contributed by atoms with Gasteiger partial charge in [0.15, 0.2) is 0 Å². The van der Waals surface area contributed by atoms with Crippen molar-refractivity contribution >= 4 is 11.5 Å². The number of hydrogen-bond acceptors (Lipinski definition) is 2. The van der Waals surface area contributed by atoms with Crippen molar-refractivity contribution in [1.82, 2.24) is 0 Å². The molecule has 16 heavy (non-hydrogen) atoms. The largest absolute Gasteiger partial charge is 0.368 e. The van der Waals surface area contributed by atoms with Crippen molar-refractivity contribution in [2.45, 2.75) is 39.7 Å². The van der Waals surface area contributed by atoms with Gasteiger partial charge in [-0.2, -0.15) is 0 Å². The van der Waals surface area contributed by atoms with Crippen LogP contribution in [0.2, 0.25) is 0 Å². The minimum atomic E-state index is 0.335. The van der Waals surface area contributed by atoms with E-state index in [9.17, 15) is 4.79 Å². The van der Waals surface area contributed by atoms with Crippen molar-refractivity contribution in [2.75, 3.05) is 11.4 Å². The van der Waals surface area contributed by atoms with E-state index in [4.69, 9.17) is 0 Å². The van der Waals surface area contributed by atoms with Gasteiger partial charge >= 0.3 is 0 Å². The van der Waals surface area contributed by atoms with Crippen molar-refractivity contribution in [2.24, 2.45) is 0 Å². The van der Waals surface area contributed by atoms with Crippen LogP contribution in [0.5, 0.6) is 0 Å². The summed E-state index contributed by atoms with van der Waals surface area (Å²) in [5.41, 5.74) is 3.87. The molecule has 0 radical (unpaired) electrons. The Morgan fingerprint density at radius 2 is 2.06 bits per heavy atom. The van der Waals surface area contributed by atoms with Crippen LogP contribution in [0.25, 0.3) is 0 Å². The summed E-state index contributed by atoms with van der Waals surface area (Å²) in [6, 6.07) is 6.86. The number of rotatable bonds is 1. The third kappa shape index (κ3) is 2.11. The number of hydrogen-bond donors (Lipinski definition) is 0. The lowest BCUT2D eigenvalue weighted by atomic mass is 9.99. The number of carbonyl (C=O) groups is 1. The molecule has 1 unspecified atom stereocenters. The molecule has 0 aliphatic carbocycles. The van der Waals surface area contributed by atoms with Crippen molar-refractivity contribution in [3.05, 3.63) is 29.3 Å². The first-order valence-electron chi connectivity index (χ1n) is 5.93. The molecule has 0 spiro atoms. The summed E-state index contributed by atoms with van der Waals surface area (Å²) in [5.74, 6) is 0.397. The average Bonchev–Trinajstić information content (AvgIpc) is 2.22. The second kappa shape index (κ2) is 4.28. The molecule has 1 aliphatic heterocycles. The van der Waals surface area contributed by atoms with Gasteiger partial charge in [0.25, 0.3) is 0 Å². The fraction of sp³-hybridized carbons (Fsp3) is 0.500. The number of carbonyl (C=O) groups excluding carboxylic acids is 1. The van der Waals surface area contributed by atoms with Gasteiger partial charge in [-0.25, -0.2) is 0 Å². The highest BCUT2D eigenvalue weighted by molar-refractivity contribution is 5.81. The van der Waals surface area contributed by atoms with E-state index in [0.29, 0.717) is 24.7 Å². The van der Waals surface area contributed by atoms with Crippen LogP contribution < -0.4 is 4.90 Å². The molecule has 1 aliphatic rings. The van der Waals surface area contributed by atoms with Gasteiger partial charge in [-0.1, -0.05) is 12.1 Å². The van der Waals surface area contributed by atoms with Crippen molar-refractivity contribution < 1.29 is 4.79 Å². The Hall–Kier alpha value is -1.31. The van der Waals surface area contributed by atoms with E-state index in [0.717, 1.165) is 6.54 Å². The molecule has 0 saturated carbocycles. The molecule has 0 amide bonds. The van der Waals surface area contributed by atoms with Crippen LogP contribution in [0.1, 0.15) is 30.9 Å². The summed E-state index contributed by atoms with van der Waals surface area (Å²) in [4.78, 5) is 13.7. The Labute approximate surface area is 97.3 Å². The van der Waals surface area contributed by atoms with Crippen molar-refractivity contribution in [3.8, 4) is 0 Å². The summed E-state index contributed by atoms with van der Waals surface area (Å²) >= 11 is 0. The minimum Gasteiger partial charge on any atom is -0.368 e. The molecule has 2 rings (SSSR count). The van der Waals surface area contributed by atoms with E-state index in [1.807, 2.05) is 0 Å². The molecule has 0 aromatic heterocycles. The van der Waals surface area contributed by atoms with Crippen molar-refractivity contribution in [1.29, 1.82) is 0 Å². The van der Waals surface area contributed by atoms with Gasteiger partial charge in [0.1, 0.15) is 5.78 Å². The van der Waals surface area contributed by atoms with Crippen molar-refractivity contribution in [3.63, 3.8) is 0 Å². The van der Waals surface area contributed by atoms with Gasteiger partial charge in [0.2, 0.25) is 0 Å². The van der Waals surface area contributed by atoms with Gasteiger partial charge in [-0.3, -0.25) is 4.79 Å². The zero-order valence-electron chi connectivity index (χ0n) is 10.3. The molecule has 2 heteroatoms. The van der Waals surface area contributed by atoms with E-state index in [-0.39, 0.29) is 0 Å². The lowest BCUT2D eigenvalue weighted by Gasteiger charge is -2.35. The van der Waals surface area contributed by atoms with Gasteiger partial charge < -0.3 is 4.90 Å². The number of nitrogens with zero attached hydrogens (tertiary/aromatic N) is 1. The molecule has 0 N–H and O–H groups in total. The molecular formula is C14H19NO. The minimum absolute atomic E-state index is 0.335. The topological polar surface area (TPSA) is 20.3 Å². The predicted molar refractivity (Wildman–Crippen MR) is 67.0 cm³/mol. The molecule has 1 aromatic carbocycles. The molecule has 1 atom stereocenters. The molecule has 0 bridgehead atoms. The van der Waals surface area contributed by atoms with E-state index in [1.54, 1.807) is 0 Å². The molecule has 1 aromatic rings. The monoisotopic (exact) mass is 217 g/mol. The Bertz CT molecular complexity index is 411. The van der Waals surface area contributed by atoms with Crippen LogP contribution in [0.4, 0.5) is 5.69 Å². The van der Waals surface area contributed by atoms with Crippen LogP contribution >= 0.6 is 0 Å². The second-order valence-corrected chi connectivity index (χ2v) is 4.83. The normalized spacial score (nSPS) is 21.3. The first-order valence-corrected chi connectivity index (χ1v) is 5.93. The quantitative estimate of drug-likeness (QED) is 0.721. The molecule has 86 valence electrons. The smallest absolute Gasteiger partial charge is 0.136 e. The first kappa shape index (κ1) is 11.2. The highest BCUT2D eigenvalue weighted by Gasteiger charge is 2.24. The Kier molecular flexibility index (Phi) is 2.99. The lowest BCUT2D eigenvalue weighted by molar-refractivity contribution is -0.120. The average molecular weight is 217 g/mol. The van der Waals surface area contributed by atoms with Crippen LogP contribution in [0, 0.1) is 13.8 Å². The van der Waals surface area contributed by atoms with Gasteiger partial charge in [-0.15, -0.1) is 0 Å². The summed E-state index contributed by atoms with van der Waals surface area (Å²) in [6.07, 6.45) is 1.38. The SMILES string of the molecule is Cc1ccc(C)c(N2CCC(=O)CC2C)c1. The molecular weight excluding hydrogens is 198 g/mol. The van der Waals surface area contributed by atoms with Crippen LogP contribution in [-0.2, 0) is 4.79 Å². The number of aryl methyl sites for hydroxylation is 2. The molecule has 2 nitrogen and oxygen atoms in total. The van der Waals surface area contributed by atoms with Gasteiger partial charge in [-0.05, 0) is 38.0 Å². The molecule has 1 saturated heterocycles. The van der Waals surface area contributed by atoms with E-state index >= 15 is 0 Å².